The SMILES string of the molecule is CCc1ccc(NCc2cc3ccc(OC)cc3n(CC(=O)NCc3ccccc3Cl)c2=O)cc1. The number of carbonyl (C=O) groups is 1. The molecule has 0 aliphatic rings. The highest BCUT2D eigenvalue weighted by Gasteiger charge is 2.14. The second-order valence-corrected chi connectivity index (χ2v) is 8.66. The van der Waals surface area contributed by atoms with Gasteiger partial charge in [0.2, 0.25) is 5.91 Å². The summed E-state index contributed by atoms with van der Waals surface area (Å²) >= 11 is 6.20. The van der Waals surface area contributed by atoms with Crippen LogP contribution in [0.1, 0.15) is 23.6 Å². The molecule has 0 bridgehead atoms. The molecule has 2 N–H and O–H groups in total. The van der Waals surface area contributed by atoms with E-state index in [2.05, 4.69) is 29.7 Å². The standard InChI is InChI=1S/C28H28ClN3O3/c1-3-19-8-11-23(12-9-19)30-17-22-14-20-10-13-24(35-2)15-26(20)32(28(22)34)18-27(33)31-16-21-6-4-5-7-25(21)29/h4-15,30H,3,16-18H2,1-2H3,(H,31,33). The fraction of sp³-hybridized carbons (Fsp3) is 0.214. The number of hydrogen-bond acceptors (Lipinski definition) is 4. The van der Waals surface area contributed by atoms with Crippen LogP contribution in [-0.2, 0) is 30.8 Å². The van der Waals surface area contributed by atoms with Crippen LogP contribution in [0.5, 0.6) is 5.75 Å². The van der Waals surface area contributed by atoms with Crippen LogP contribution < -0.4 is 20.9 Å². The van der Waals surface area contributed by atoms with Crippen LogP contribution in [0.25, 0.3) is 10.9 Å². The van der Waals surface area contributed by atoms with E-state index in [1.807, 2.05) is 48.5 Å². The van der Waals surface area contributed by atoms with E-state index in [1.54, 1.807) is 19.2 Å². The van der Waals surface area contributed by atoms with E-state index in [-0.39, 0.29) is 24.6 Å². The summed E-state index contributed by atoms with van der Waals surface area (Å²) in [5.74, 6) is 0.334. The van der Waals surface area contributed by atoms with Crippen molar-refractivity contribution in [1.29, 1.82) is 0 Å². The first kappa shape index (κ1) is 24.4. The van der Waals surface area contributed by atoms with Gasteiger partial charge in [-0.3, -0.25) is 14.2 Å². The molecule has 7 heteroatoms. The molecular weight excluding hydrogens is 462 g/mol. The van der Waals surface area contributed by atoms with Crippen LogP contribution in [-0.4, -0.2) is 17.6 Å². The van der Waals surface area contributed by atoms with Crippen molar-refractivity contribution in [2.24, 2.45) is 0 Å². The number of carbonyl (C=O) groups excluding carboxylic acids is 1. The predicted octanol–water partition coefficient (Wildman–Crippen LogP) is 5.15. The van der Waals surface area contributed by atoms with Gasteiger partial charge < -0.3 is 15.4 Å². The Balaban J connectivity index is 1.60. The Kier molecular flexibility index (Phi) is 7.73. The van der Waals surface area contributed by atoms with E-state index in [0.717, 1.165) is 23.1 Å². The van der Waals surface area contributed by atoms with E-state index < -0.39 is 0 Å². The van der Waals surface area contributed by atoms with Crippen molar-refractivity contribution in [3.05, 3.63) is 105 Å². The number of aryl methyl sites for hydroxylation is 1. The zero-order valence-corrected chi connectivity index (χ0v) is 20.6. The number of anilines is 1. The number of aromatic nitrogens is 1. The van der Waals surface area contributed by atoms with Gasteiger partial charge >= 0.3 is 0 Å². The fourth-order valence-corrected chi connectivity index (χ4v) is 4.12. The van der Waals surface area contributed by atoms with Gasteiger partial charge in [0.05, 0.1) is 12.6 Å². The molecule has 0 spiro atoms. The van der Waals surface area contributed by atoms with Gasteiger partial charge in [-0.05, 0) is 59.3 Å². The van der Waals surface area contributed by atoms with Gasteiger partial charge in [0.25, 0.3) is 5.56 Å². The Morgan fingerprint density at radius 1 is 0.971 bits per heavy atom. The van der Waals surface area contributed by atoms with Crippen molar-refractivity contribution < 1.29 is 9.53 Å². The predicted molar refractivity (Wildman–Crippen MR) is 141 cm³/mol. The van der Waals surface area contributed by atoms with Crippen molar-refractivity contribution >= 4 is 34.1 Å². The van der Waals surface area contributed by atoms with E-state index in [0.29, 0.717) is 28.4 Å². The number of benzene rings is 3. The summed E-state index contributed by atoms with van der Waals surface area (Å²) in [5, 5.41) is 7.62. The smallest absolute Gasteiger partial charge is 0.256 e. The van der Waals surface area contributed by atoms with Crippen molar-refractivity contribution in [3.63, 3.8) is 0 Å². The molecule has 3 aromatic carbocycles. The molecule has 0 unspecified atom stereocenters. The lowest BCUT2D eigenvalue weighted by atomic mass is 10.1. The average molecular weight is 490 g/mol. The molecule has 4 rings (SSSR count). The van der Waals surface area contributed by atoms with Crippen molar-refractivity contribution in [1.82, 2.24) is 9.88 Å². The van der Waals surface area contributed by atoms with Gasteiger partial charge in [-0.1, -0.05) is 48.9 Å². The van der Waals surface area contributed by atoms with Gasteiger partial charge in [-0.15, -0.1) is 0 Å². The number of fused-ring (bicyclic) bond motifs is 1. The number of rotatable bonds is 9. The molecule has 0 atom stereocenters. The molecular formula is C28H28ClN3O3. The van der Waals surface area contributed by atoms with Crippen molar-refractivity contribution in [3.8, 4) is 5.75 Å². The minimum atomic E-state index is -0.281. The molecule has 0 saturated carbocycles. The third kappa shape index (κ3) is 5.84. The maximum Gasteiger partial charge on any atom is 0.256 e. The van der Waals surface area contributed by atoms with E-state index >= 15 is 0 Å². The molecule has 1 amide bonds. The molecule has 0 saturated heterocycles. The summed E-state index contributed by atoms with van der Waals surface area (Å²) in [4.78, 5) is 26.3. The maximum atomic E-state index is 13.4. The first-order valence-corrected chi connectivity index (χ1v) is 11.9. The van der Waals surface area contributed by atoms with Gasteiger partial charge in [0, 0.05) is 35.4 Å². The van der Waals surface area contributed by atoms with Crippen molar-refractivity contribution in [2.45, 2.75) is 33.0 Å². The number of methoxy groups -OCH3 is 1. The zero-order valence-electron chi connectivity index (χ0n) is 19.8. The largest absolute Gasteiger partial charge is 0.497 e. The average Bonchev–Trinajstić information content (AvgIpc) is 2.89. The molecule has 1 aromatic heterocycles. The molecule has 0 radical (unpaired) electrons. The molecule has 0 aliphatic heterocycles. The highest BCUT2D eigenvalue weighted by atomic mass is 35.5. The van der Waals surface area contributed by atoms with Crippen LogP contribution in [0.3, 0.4) is 0 Å². The molecule has 180 valence electrons. The first-order chi connectivity index (χ1) is 17.0. The van der Waals surface area contributed by atoms with E-state index in [9.17, 15) is 9.59 Å². The molecule has 35 heavy (non-hydrogen) atoms. The van der Waals surface area contributed by atoms with Gasteiger partial charge in [-0.2, -0.15) is 0 Å². The van der Waals surface area contributed by atoms with Gasteiger partial charge in [-0.25, -0.2) is 0 Å². The molecule has 0 aliphatic carbocycles. The fourth-order valence-electron chi connectivity index (χ4n) is 3.91. The minimum absolute atomic E-state index is 0.119. The lowest BCUT2D eigenvalue weighted by Crippen LogP contribution is -2.34. The van der Waals surface area contributed by atoms with Crippen LogP contribution in [0.4, 0.5) is 5.69 Å². The molecule has 6 nitrogen and oxygen atoms in total. The lowest BCUT2D eigenvalue weighted by molar-refractivity contribution is -0.121. The minimum Gasteiger partial charge on any atom is -0.497 e. The lowest BCUT2D eigenvalue weighted by Gasteiger charge is -2.15. The number of nitrogens with one attached hydrogen (secondary N) is 2. The second kappa shape index (κ2) is 11.1. The van der Waals surface area contributed by atoms with Crippen LogP contribution in [0.2, 0.25) is 5.02 Å². The van der Waals surface area contributed by atoms with Crippen LogP contribution in [0.15, 0.2) is 77.6 Å². The molecule has 1 heterocycles. The quantitative estimate of drug-likeness (QED) is 0.341. The number of pyridine rings is 1. The number of ether oxygens (including phenoxy) is 1. The number of hydrogen-bond donors (Lipinski definition) is 2. The maximum absolute atomic E-state index is 13.4. The Bertz CT molecular complexity index is 1400. The number of amides is 1. The highest BCUT2D eigenvalue weighted by Crippen LogP contribution is 2.21. The summed E-state index contributed by atoms with van der Waals surface area (Å²) in [7, 11) is 1.57. The summed E-state index contributed by atoms with van der Waals surface area (Å²) in [6.45, 7) is 2.61. The topological polar surface area (TPSA) is 72.4 Å². The molecule has 4 aromatic rings. The summed E-state index contributed by atoms with van der Waals surface area (Å²) in [6, 6.07) is 22.9. The Hall–Kier alpha value is -3.77. The summed E-state index contributed by atoms with van der Waals surface area (Å²) in [6.07, 6.45) is 0.970. The van der Waals surface area contributed by atoms with Gasteiger partial charge in [0.1, 0.15) is 12.3 Å². The Morgan fingerprint density at radius 3 is 2.46 bits per heavy atom. The first-order valence-electron chi connectivity index (χ1n) is 11.5. The molecule has 0 fully saturated rings. The number of nitrogens with zero attached hydrogens (tertiary/aromatic N) is 1. The highest BCUT2D eigenvalue weighted by molar-refractivity contribution is 6.31. The second-order valence-electron chi connectivity index (χ2n) is 8.26. The normalized spacial score (nSPS) is 10.8. The summed E-state index contributed by atoms with van der Waals surface area (Å²) < 4.78 is 6.85. The van der Waals surface area contributed by atoms with Crippen molar-refractivity contribution in [2.75, 3.05) is 12.4 Å². The summed E-state index contributed by atoms with van der Waals surface area (Å²) in [5.41, 5.74) is 3.98. The number of halogens is 1. The van der Waals surface area contributed by atoms with Crippen LogP contribution in [0, 0.1) is 0 Å². The van der Waals surface area contributed by atoms with E-state index in [1.165, 1.54) is 10.1 Å². The van der Waals surface area contributed by atoms with E-state index in [4.69, 9.17) is 16.3 Å². The Morgan fingerprint density at radius 2 is 1.74 bits per heavy atom. The zero-order chi connectivity index (χ0) is 24.8. The monoisotopic (exact) mass is 489 g/mol. The van der Waals surface area contributed by atoms with Gasteiger partial charge in [0.15, 0.2) is 0 Å². The Labute approximate surface area is 209 Å². The van der Waals surface area contributed by atoms with Crippen LogP contribution >= 0.6 is 11.6 Å². The third-order valence-electron chi connectivity index (χ3n) is 5.96. The third-order valence-corrected chi connectivity index (χ3v) is 6.33.